The molecule has 0 spiro atoms. The molecule has 0 bridgehead atoms. The molecule has 1 aromatic heterocycles. The maximum atomic E-state index is 11.7. The van der Waals surface area contributed by atoms with Crippen LogP contribution < -0.4 is 10.6 Å². The number of oxazole rings is 1. The van der Waals surface area contributed by atoms with Crippen molar-refractivity contribution >= 4 is 51.6 Å². The number of hydrogen-bond acceptors (Lipinski definition) is 4. The second-order valence-corrected chi connectivity index (χ2v) is 6.65. The van der Waals surface area contributed by atoms with E-state index < -0.39 is 0 Å². The van der Waals surface area contributed by atoms with Gasteiger partial charge >= 0.3 is 0 Å². The summed E-state index contributed by atoms with van der Waals surface area (Å²) in [5.41, 5.74) is 4.19. The molecule has 2 N–H and O–H groups in total. The lowest BCUT2D eigenvalue weighted by Gasteiger charge is -2.08. The highest BCUT2D eigenvalue weighted by Crippen LogP contribution is 2.26. The van der Waals surface area contributed by atoms with Gasteiger partial charge in [0.2, 0.25) is 11.8 Å². The number of alkyl halides is 1. The number of halogens is 1. The zero-order valence-corrected chi connectivity index (χ0v) is 15.8. The first kappa shape index (κ1) is 18.4. The maximum Gasteiger partial charge on any atom is 0.227 e. The van der Waals surface area contributed by atoms with Crippen LogP contribution in [0.1, 0.15) is 18.4 Å². The largest absolute Gasteiger partial charge is 0.436 e. The lowest BCUT2D eigenvalue weighted by molar-refractivity contribution is -0.119. The van der Waals surface area contributed by atoms with Gasteiger partial charge in [-0.1, -0.05) is 17.7 Å². The molecule has 3 aromatic rings. The van der Waals surface area contributed by atoms with E-state index >= 15 is 0 Å². The third-order valence-electron chi connectivity index (χ3n) is 3.70. The van der Waals surface area contributed by atoms with Gasteiger partial charge < -0.3 is 15.1 Å². The van der Waals surface area contributed by atoms with Crippen molar-refractivity contribution in [2.75, 3.05) is 11.2 Å². The van der Waals surface area contributed by atoms with Gasteiger partial charge in [0.25, 0.3) is 0 Å². The zero-order chi connectivity index (χ0) is 18.5. The van der Waals surface area contributed by atoms with Gasteiger partial charge in [0, 0.05) is 23.6 Å². The minimum Gasteiger partial charge on any atom is -0.436 e. The van der Waals surface area contributed by atoms with E-state index in [-0.39, 0.29) is 11.0 Å². The van der Waals surface area contributed by atoms with E-state index in [0.29, 0.717) is 35.7 Å². The van der Waals surface area contributed by atoms with Crippen LogP contribution in [0.5, 0.6) is 0 Å². The summed E-state index contributed by atoms with van der Waals surface area (Å²) < 4.78 is 5.82. The average molecular weight is 388 g/mol. The predicted molar refractivity (Wildman–Crippen MR) is 108 cm³/mol. The molecule has 0 aliphatic carbocycles. The predicted octanol–water partition coefficient (Wildman–Crippen LogP) is 4.64. The number of carbonyl (C=O) groups is 1. The van der Waals surface area contributed by atoms with Crippen LogP contribution in [0.2, 0.25) is 0 Å². The standard InChI is InChI=1S/C19H18ClN3O2S/c1-12-4-2-5-13(10-12)18-22-15-11-14(7-8-16(15)25-18)21-19(26)23-17(24)6-3-9-20/h2,4-5,7-8,10-11H,3,6,9H2,1H3,(H2,21,23,24,26). The molecular weight excluding hydrogens is 370 g/mol. The third kappa shape index (κ3) is 4.59. The number of nitrogens with zero attached hydrogens (tertiary/aromatic N) is 1. The van der Waals surface area contributed by atoms with Crippen LogP contribution in [-0.2, 0) is 4.79 Å². The second kappa shape index (κ2) is 8.29. The minimum absolute atomic E-state index is 0.160. The van der Waals surface area contributed by atoms with Crippen molar-refractivity contribution in [1.82, 2.24) is 10.3 Å². The highest BCUT2D eigenvalue weighted by Gasteiger charge is 2.10. The van der Waals surface area contributed by atoms with Crippen LogP contribution in [-0.4, -0.2) is 21.9 Å². The van der Waals surface area contributed by atoms with Crippen LogP contribution in [0.25, 0.3) is 22.6 Å². The number of nitrogens with one attached hydrogen (secondary N) is 2. The summed E-state index contributed by atoms with van der Waals surface area (Å²) in [6.07, 6.45) is 0.954. The molecular formula is C19H18ClN3O2S. The van der Waals surface area contributed by atoms with E-state index in [0.717, 1.165) is 16.8 Å². The van der Waals surface area contributed by atoms with Gasteiger partial charge in [-0.15, -0.1) is 11.6 Å². The zero-order valence-electron chi connectivity index (χ0n) is 14.2. The lowest BCUT2D eigenvalue weighted by atomic mass is 10.1. The number of amides is 1. The van der Waals surface area contributed by atoms with Crippen LogP contribution in [0, 0.1) is 6.92 Å². The van der Waals surface area contributed by atoms with E-state index in [1.165, 1.54) is 0 Å². The molecule has 0 aliphatic rings. The summed E-state index contributed by atoms with van der Waals surface area (Å²) in [7, 11) is 0. The topological polar surface area (TPSA) is 67.2 Å². The molecule has 5 nitrogen and oxygen atoms in total. The van der Waals surface area contributed by atoms with E-state index in [1.54, 1.807) is 0 Å². The fourth-order valence-corrected chi connectivity index (χ4v) is 2.85. The monoisotopic (exact) mass is 387 g/mol. The normalized spacial score (nSPS) is 10.7. The van der Waals surface area contributed by atoms with Gasteiger partial charge in [-0.05, 0) is 55.9 Å². The van der Waals surface area contributed by atoms with E-state index in [2.05, 4.69) is 15.6 Å². The average Bonchev–Trinajstić information content (AvgIpc) is 3.03. The highest BCUT2D eigenvalue weighted by molar-refractivity contribution is 7.80. The molecule has 7 heteroatoms. The van der Waals surface area contributed by atoms with Gasteiger partial charge in [-0.3, -0.25) is 4.79 Å². The van der Waals surface area contributed by atoms with Gasteiger partial charge in [0.15, 0.2) is 10.7 Å². The van der Waals surface area contributed by atoms with E-state index in [1.807, 2.05) is 49.4 Å². The molecule has 0 saturated carbocycles. The molecule has 2 aromatic carbocycles. The number of thiocarbonyl (C=S) groups is 1. The number of carbonyl (C=O) groups excluding carboxylic acids is 1. The Balaban J connectivity index is 1.73. The SMILES string of the molecule is Cc1cccc(-c2nc3cc(NC(=S)NC(=O)CCCCl)ccc3o2)c1. The van der Waals surface area contributed by atoms with Gasteiger partial charge in [0.1, 0.15) is 5.52 Å². The van der Waals surface area contributed by atoms with Crippen molar-refractivity contribution in [1.29, 1.82) is 0 Å². The van der Waals surface area contributed by atoms with E-state index in [9.17, 15) is 4.79 Å². The number of hydrogen-bond donors (Lipinski definition) is 2. The highest BCUT2D eigenvalue weighted by atomic mass is 35.5. The quantitative estimate of drug-likeness (QED) is 0.493. The Morgan fingerprint density at radius 3 is 2.88 bits per heavy atom. The maximum absolute atomic E-state index is 11.7. The minimum atomic E-state index is -0.160. The number of aryl methyl sites for hydroxylation is 1. The van der Waals surface area contributed by atoms with Gasteiger partial charge in [-0.25, -0.2) is 4.98 Å². The Hall–Kier alpha value is -2.44. The molecule has 0 radical (unpaired) electrons. The van der Waals surface area contributed by atoms with E-state index in [4.69, 9.17) is 28.2 Å². The summed E-state index contributed by atoms with van der Waals surface area (Å²) in [5.74, 6) is 0.852. The molecule has 0 saturated heterocycles. The molecule has 1 amide bonds. The molecule has 0 fully saturated rings. The number of aromatic nitrogens is 1. The van der Waals surface area contributed by atoms with Crippen LogP contribution in [0.15, 0.2) is 46.9 Å². The summed E-state index contributed by atoms with van der Waals surface area (Å²) in [6.45, 7) is 2.02. The number of benzene rings is 2. The van der Waals surface area contributed by atoms with Crippen molar-refractivity contribution in [3.63, 3.8) is 0 Å². The molecule has 1 heterocycles. The van der Waals surface area contributed by atoms with Crippen molar-refractivity contribution in [2.45, 2.75) is 19.8 Å². The first-order valence-electron chi connectivity index (χ1n) is 8.19. The van der Waals surface area contributed by atoms with Crippen molar-refractivity contribution < 1.29 is 9.21 Å². The second-order valence-electron chi connectivity index (χ2n) is 5.87. The fourth-order valence-electron chi connectivity index (χ4n) is 2.49. The number of rotatable bonds is 5. The summed E-state index contributed by atoms with van der Waals surface area (Å²) in [5, 5.41) is 5.85. The Bertz CT molecular complexity index is 955. The molecule has 0 aliphatic heterocycles. The smallest absolute Gasteiger partial charge is 0.227 e. The van der Waals surface area contributed by atoms with Crippen LogP contribution in [0.3, 0.4) is 0 Å². The summed E-state index contributed by atoms with van der Waals surface area (Å²) in [6, 6.07) is 13.5. The summed E-state index contributed by atoms with van der Waals surface area (Å²) in [4.78, 5) is 16.2. The Kier molecular flexibility index (Phi) is 5.85. The number of fused-ring (bicyclic) bond motifs is 1. The molecule has 3 rings (SSSR count). The van der Waals surface area contributed by atoms with Crippen molar-refractivity contribution in [3.8, 4) is 11.5 Å². The first-order valence-corrected chi connectivity index (χ1v) is 9.14. The lowest BCUT2D eigenvalue weighted by Crippen LogP contribution is -2.33. The summed E-state index contributed by atoms with van der Waals surface area (Å²) >= 11 is 10.7. The first-order chi connectivity index (χ1) is 12.5. The van der Waals surface area contributed by atoms with Crippen molar-refractivity contribution in [2.24, 2.45) is 0 Å². The Morgan fingerprint density at radius 2 is 2.12 bits per heavy atom. The molecule has 26 heavy (non-hydrogen) atoms. The Labute approximate surface area is 161 Å². The number of anilines is 1. The molecule has 0 unspecified atom stereocenters. The fraction of sp³-hybridized carbons (Fsp3) is 0.211. The van der Waals surface area contributed by atoms with Crippen LogP contribution >= 0.6 is 23.8 Å². The van der Waals surface area contributed by atoms with Gasteiger partial charge in [0.05, 0.1) is 0 Å². The Morgan fingerprint density at radius 1 is 1.27 bits per heavy atom. The van der Waals surface area contributed by atoms with Crippen LogP contribution in [0.4, 0.5) is 5.69 Å². The molecule has 0 atom stereocenters. The van der Waals surface area contributed by atoms with Crippen molar-refractivity contribution in [3.05, 3.63) is 48.0 Å². The third-order valence-corrected chi connectivity index (χ3v) is 4.17. The molecule has 134 valence electrons. The van der Waals surface area contributed by atoms with Gasteiger partial charge in [-0.2, -0.15) is 0 Å².